The van der Waals surface area contributed by atoms with Crippen LogP contribution in [0.15, 0.2) is 42.5 Å². The first kappa shape index (κ1) is 17.2. The minimum Gasteiger partial charge on any atom is -0.348 e. The van der Waals surface area contributed by atoms with Crippen molar-refractivity contribution in [2.75, 3.05) is 14.1 Å². The van der Waals surface area contributed by atoms with Gasteiger partial charge in [0.15, 0.2) is 5.82 Å². The monoisotopic (exact) mass is 340 g/mol. The number of aromatic nitrogens is 1. The van der Waals surface area contributed by atoms with Crippen molar-refractivity contribution in [3.8, 4) is 11.1 Å². The van der Waals surface area contributed by atoms with Gasteiger partial charge in [-0.1, -0.05) is 44.2 Å². The highest BCUT2D eigenvalue weighted by Gasteiger charge is 2.21. The molecular weight excluding hydrogens is 315 g/mol. The van der Waals surface area contributed by atoms with E-state index in [1.165, 1.54) is 4.90 Å². The molecule has 0 saturated heterocycles. The molecule has 3 rings (SSSR count). The maximum atomic E-state index is 15.1. The Balaban J connectivity index is 0.00000243. The minimum atomic E-state index is -0.262. The van der Waals surface area contributed by atoms with Crippen LogP contribution in [0.25, 0.3) is 22.0 Å². The van der Waals surface area contributed by atoms with E-state index in [-0.39, 0.29) is 19.1 Å². The van der Waals surface area contributed by atoms with E-state index in [1.54, 1.807) is 20.2 Å². The van der Waals surface area contributed by atoms with Crippen molar-refractivity contribution in [2.24, 2.45) is 0 Å². The van der Waals surface area contributed by atoms with Gasteiger partial charge in [0.1, 0.15) is 5.69 Å². The van der Waals surface area contributed by atoms with Crippen molar-refractivity contribution < 1.29 is 10.6 Å². The SMILES string of the molecule is CCC(C)c1cc(-c2ccccc2)c2cc(C(=O)N(C)C)[nH]c2c1F.[HH]. The number of rotatable bonds is 4. The predicted octanol–water partition coefficient (Wildman–Crippen LogP) is 5.44. The van der Waals surface area contributed by atoms with Gasteiger partial charge in [-0.05, 0) is 41.2 Å². The van der Waals surface area contributed by atoms with Crippen molar-refractivity contribution in [3.63, 3.8) is 0 Å². The molecule has 1 aromatic heterocycles. The van der Waals surface area contributed by atoms with Crippen molar-refractivity contribution in [3.05, 3.63) is 59.5 Å². The zero-order chi connectivity index (χ0) is 18.1. The van der Waals surface area contributed by atoms with Crippen LogP contribution in [0, 0.1) is 5.82 Å². The Hall–Kier alpha value is -2.62. The molecule has 2 aromatic carbocycles. The summed E-state index contributed by atoms with van der Waals surface area (Å²) in [6.07, 6.45) is 0.848. The fourth-order valence-electron chi connectivity index (χ4n) is 3.07. The average Bonchev–Trinajstić information content (AvgIpc) is 3.07. The summed E-state index contributed by atoms with van der Waals surface area (Å²) in [4.78, 5) is 16.8. The van der Waals surface area contributed by atoms with Crippen LogP contribution in [0.4, 0.5) is 4.39 Å². The molecule has 3 aromatic rings. The van der Waals surface area contributed by atoms with Gasteiger partial charge in [0.05, 0.1) is 5.52 Å². The first-order chi connectivity index (χ1) is 11.9. The second-order valence-corrected chi connectivity index (χ2v) is 6.67. The summed E-state index contributed by atoms with van der Waals surface area (Å²) in [5.74, 6) is -0.329. The topological polar surface area (TPSA) is 36.1 Å². The van der Waals surface area contributed by atoms with Gasteiger partial charge in [-0.15, -0.1) is 0 Å². The summed E-state index contributed by atoms with van der Waals surface area (Å²) in [5.41, 5.74) is 3.44. The lowest BCUT2D eigenvalue weighted by atomic mass is 9.91. The molecule has 0 fully saturated rings. The highest BCUT2D eigenvalue weighted by atomic mass is 19.1. The standard InChI is InChI=1S/C21H23FN2O.H2/c1-5-13(2)15-11-16(14-9-7-6-8-10-14)17-12-18(21(25)24(3)4)23-20(17)19(15)22;/h6-13,23H,5H2,1-4H3;1H. The third kappa shape index (κ3) is 3.04. The number of hydrogen-bond acceptors (Lipinski definition) is 1. The van der Waals surface area contributed by atoms with E-state index in [4.69, 9.17) is 0 Å². The molecule has 0 spiro atoms. The Morgan fingerprint density at radius 3 is 2.52 bits per heavy atom. The number of nitrogens with zero attached hydrogens (tertiary/aromatic N) is 1. The van der Waals surface area contributed by atoms with Crippen molar-refractivity contribution >= 4 is 16.8 Å². The number of H-pyrrole nitrogens is 1. The van der Waals surface area contributed by atoms with Crippen LogP contribution in [0.1, 0.15) is 43.7 Å². The zero-order valence-electron chi connectivity index (χ0n) is 15.1. The van der Waals surface area contributed by atoms with Crippen LogP contribution in [0.3, 0.4) is 0 Å². The van der Waals surface area contributed by atoms with Crippen molar-refractivity contribution in [2.45, 2.75) is 26.2 Å². The lowest BCUT2D eigenvalue weighted by molar-refractivity contribution is 0.0823. The highest BCUT2D eigenvalue weighted by molar-refractivity contribution is 6.03. The molecule has 1 heterocycles. The van der Waals surface area contributed by atoms with Crippen LogP contribution in [-0.2, 0) is 0 Å². The van der Waals surface area contributed by atoms with Crippen molar-refractivity contribution in [1.82, 2.24) is 9.88 Å². The fourth-order valence-corrected chi connectivity index (χ4v) is 3.07. The van der Waals surface area contributed by atoms with Gasteiger partial charge in [0.25, 0.3) is 5.91 Å². The van der Waals surface area contributed by atoms with E-state index in [2.05, 4.69) is 4.98 Å². The van der Waals surface area contributed by atoms with E-state index in [0.717, 1.165) is 22.9 Å². The molecule has 0 aliphatic rings. The van der Waals surface area contributed by atoms with Gasteiger partial charge in [0, 0.05) is 20.9 Å². The molecule has 1 N–H and O–H groups in total. The van der Waals surface area contributed by atoms with E-state index in [0.29, 0.717) is 16.8 Å². The summed E-state index contributed by atoms with van der Waals surface area (Å²) in [7, 11) is 3.37. The first-order valence-corrected chi connectivity index (χ1v) is 8.56. The Morgan fingerprint density at radius 1 is 1.24 bits per heavy atom. The van der Waals surface area contributed by atoms with E-state index in [1.807, 2.05) is 50.2 Å². The Kier molecular flexibility index (Phi) is 4.62. The molecule has 1 unspecified atom stereocenters. The molecule has 3 nitrogen and oxygen atoms in total. The van der Waals surface area contributed by atoms with Crippen LogP contribution >= 0.6 is 0 Å². The zero-order valence-corrected chi connectivity index (χ0v) is 15.1. The van der Waals surface area contributed by atoms with Gasteiger partial charge in [-0.3, -0.25) is 4.79 Å². The van der Waals surface area contributed by atoms with Gasteiger partial charge >= 0.3 is 0 Å². The number of hydrogen-bond donors (Lipinski definition) is 1. The largest absolute Gasteiger partial charge is 0.348 e. The molecule has 4 heteroatoms. The lowest BCUT2D eigenvalue weighted by Gasteiger charge is -2.14. The Labute approximate surface area is 149 Å². The highest BCUT2D eigenvalue weighted by Crippen LogP contribution is 2.36. The molecule has 0 aliphatic carbocycles. The molecule has 0 radical (unpaired) electrons. The Morgan fingerprint density at radius 2 is 1.92 bits per heavy atom. The summed E-state index contributed by atoms with van der Waals surface area (Å²) >= 11 is 0. The normalized spacial score (nSPS) is 12.4. The number of amides is 1. The quantitative estimate of drug-likeness (QED) is 0.675. The number of nitrogens with one attached hydrogen (secondary N) is 1. The predicted molar refractivity (Wildman–Crippen MR) is 103 cm³/mol. The summed E-state index contributed by atoms with van der Waals surface area (Å²) < 4.78 is 15.1. The fraction of sp³-hybridized carbons (Fsp3) is 0.286. The average molecular weight is 340 g/mol. The molecule has 0 saturated carbocycles. The second kappa shape index (κ2) is 6.71. The van der Waals surface area contributed by atoms with Crippen LogP contribution < -0.4 is 0 Å². The smallest absolute Gasteiger partial charge is 0.269 e. The van der Waals surface area contributed by atoms with Gasteiger partial charge < -0.3 is 9.88 Å². The summed E-state index contributed by atoms with van der Waals surface area (Å²) in [6.45, 7) is 4.07. The molecule has 1 amide bonds. The van der Waals surface area contributed by atoms with Gasteiger partial charge in [0.2, 0.25) is 0 Å². The Bertz CT molecular complexity index is 919. The third-order valence-corrected chi connectivity index (χ3v) is 4.75. The van der Waals surface area contributed by atoms with Crippen LogP contribution in [0.5, 0.6) is 0 Å². The van der Waals surface area contributed by atoms with Gasteiger partial charge in [-0.2, -0.15) is 0 Å². The molecule has 0 bridgehead atoms. The van der Waals surface area contributed by atoms with Gasteiger partial charge in [-0.25, -0.2) is 4.39 Å². The molecule has 132 valence electrons. The summed E-state index contributed by atoms with van der Waals surface area (Å²) in [6, 6.07) is 13.6. The van der Waals surface area contributed by atoms with E-state index < -0.39 is 0 Å². The maximum absolute atomic E-state index is 15.1. The van der Waals surface area contributed by atoms with E-state index >= 15 is 4.39 Å². The molecule has 0 aliphatic heterocycles. The number of benzene rings is 2. The lowest BCUT2D eigenvalue weighted by Crippen LogP contribution is -2.21. The number of aromatic amines is 1. The molecule has 1 atom stereocenters. The first-order valence-electron chi connectivity index (χ1n) is 8.56. The number of carbonyl (C=O) groups excluding carboxylic acids is 1. The number of carbonyl (C=O) groups is 1. The molecular formula is C21H25FN2O. The number of fused-ring (bicyclic) bond motifs is 1. The number of halogens is 1. The minimum absolute atomic E-state index is 0. The van der Waals surface area contributed by atoms with Crippen molar-refractivity contribution in [1.29, 1.82) is 0 Å². The van der Waals surface area contributed by atoms with Crippen LogP contribution in [0.2, 0.25) is 0 Å². The third-order valence-electron chi connectivity index (χ3n) is 4.75. The van der Waals surface area contributed by atoms with Crippen LogP contribution in [-0.4, -0.2) is 29.9 Å². The van der Waals surface area contributed by atoms with E-state index in [9.17, 15) is 4.79 Å². The molecule has 25 heavy (non-hydrogen) atoms. The maximum Gasteiger partial charge on any atom is 0.269 e. The summed E-state index contributed by atoms with van der Waals surface area (Å²) in [5, 5.41) is 0.737. The second-order valence-electron chi connectivity index (χ2n) is 6.67.